The van der Waals surface area contributed by atoms with E-state index in [-0.39, 0.29) is 12.5 Å². The fourth-order valence-corrected chi connectivity index (χ4v) is 2.76. The second kappa shape index (κ2) is 8.92. The van der Waals surface area contributed by atoms with Crippen molar-refractivity contribution in [3.63, 3.8) is 0 Å². The number of hydrogen-bond acceptors (Lipinski definition) is 3. The normalized spacial score (nSPS) is 10.7. The van der Waals surface area contributed by atoms with E-state index < -0.39 is 0 Å². The van der Waals surface area contributed by atoms with Gasteiger partial charge in [-0.15, -0.1) is 0 Å². The molecular formula is C18H20Cl2N2O2. The Balaban J connectivity index is 1.97. The summed E-state index contributed by atoms with van der Waals surface area (Å²) in [6, 6.07) is 12.9. The van der Waals surface area contributed by atoms with Gasteiger partial charge < -0.3 is 10.1 Å². The third-order valence-corrected chi connectivity index (χ3v) is 4.24. The zero-order chi connectivity index (χ0) is 17.5. The molecule has 0 saturated heterocycles. The van der Waals surface area contributed by atoms with Crippen molar-refractivity contribution in [2.75, 3.05) is 25.5 Å². The van der Waals surface area contributed by atoms with E-state index in [0.29, 0.717) is 22.3 Å². The molecule has 1 amide bonds. The Kier molecular flexibility index (Phi) is 6.91. The summed E-state index contributed by atoms with van der Waals surface area (Å²) >= 11 is 12.2. The number of amides is 1. The van der Waals surface area contributed by atoms with Crippen LogP contribution in [0.4, 0.5) is 5.69 Å². The molecule has 0 aliphatic rings. The molecular weight excluding hydrogens is 347 g/mol. The van der Waals surface area contributed by atoms with Gasteiger partial charge in [0.25, 0.3) is 0 Å². The number of anilines is 1. The lowest BCUT2D eigenvalue weighted by molar-refractivity contribution is -0.117. The molecule has 2 aromatic rings. The number of methoxy groups -OCH3 is 1. The SMILES string of the molecule is CCN(CC(=O)Nc1c(Cl)cccc1Cl)Cc1ccc(OC)cc1. The quantitative estimate of drug-likeness (QED) is 0.786. The van der Waals surface area contributed by atoms with Gasteiger partial charge in [0, 0.05) is 6.54 Å². The van der Waals surface area contributed by atoms with Crippen LogP contribution in [0, 0.1) is 0 Å². The number of nitrogens with one attached hydrogen (secondary N) is 1. The average Bonchev–Trinajstić information content (AvgIpc) is 2.58. The maximum atomic E-state index is 12.3. The molecule has 4 nitrogen and oxygen atoms in total. The van der Waals surface area contributed by atoms with Crippen LogP contribution in [0.25, 0.3) is 0 Å². The van der Waals surface area contributed by atoms with Crippen LogP contribution in [0.5, 0.6) is 5.75 Å². The van der Waals surface area contributed by atoms with Crippen molar-refractivity contribution in [3.05, 3.63) is 58.1 Å². The molecule has 24 heavy (non-hydrogen) atoms. The van der Waals surface area contributed by atoms with Crippen LogP contribution in [0.1, 0.15) is 12.5 Å². The predicted octanol–water partition coefficient (Wildman–Crippen LogP) is 4.46. The molecule has 0 radical (unpaired) electrons. The van der Waals surface area contributed by atoms with E-state index in [0.717, 1.165) is 17.9 Å². The smallest absolute Gasteiger partial charge is 0.238 e. The molecule has 0 saturated carbocycles. The third kappa shape index (κ3) is 5.13. The maximum absolute atomic E-state index is 12.3. The van der Waals surface area contributed by atoms with Crippen molar-refractivity contribution in [1.82, 2.24) is 4.90 Å². The zero-order valence-electron chi connectivity index (χ0n) is 13.7. The van der Waals surface area contributed by atoms with Gasteiger partial charge in [-0.05, 0) is 36.4 Å². The Morgan fingerprint density at radius 2 is 1.75 bits per heavy atom. The minimum atomic E-state index is -0.152. The summed E-state index contributed by atoms with van der Waals surface area (Å²) in [6.07, 6.45) is 0. The summed E-state index contributed by atoms with van der Waals surface area (Å²) in [5, 5.41) is 3.63. The molecule has 2 aromatic carbocycles. The van der Waals surface area contributed by atoms with E-state index in [4.69, 9.17) is 27.9 Å². The van der Waals surface area contributed by atoms with Crippen LogP contribution in [-0.2, 0) is 11.3 Å². The van der Waals surface area contributed by atoms with Crippen molar-refractivity contribution < 1.29 is 9.53 Å². The summed E-state index contributed by atoms with van der Waals surface area (Å²) in [5.41, 5.74) is 1.56. The summed E-state index contributed by atoms with van der Waals surface area (Å²) in [7, 11) is 1.64. The fourth-order valence-electron chi connectivity index (χ4n) is 2.27. The minimum absolute atomic E-state index is 0.152. The van der Waals surface area contributed by atoms with Gasteiger partial charge in [0.15, 0.2) is 0 Å². The van der Waals surface area contributed by atoms with E-state index in [1.807, 2.05) is 36.1 Å². The Labute approximate surface area is 152 Å². The van der Waals surface area contributed by atoms with Gasteiger partial charge in [-0.1, -0.05) is 48.3 Å². The van der Waals surface area contributed by atoms with Crippen molar-refractivity contribution >= 4 is 34.8 Å². The van der Waals surface area contributed by atoms with E-state index in [2.05, 4.69) is 5.32 Å². The van der Waals surface area contributed by atoms with E-state index in [9.17, 15) is 4.79 Å². The lowest BCUT2D eigenvalue weighted by Crippen LogP contribution is -2.32. The number of ether oxygens (including phenoxy) is 1. The topological polar surface area (TPSA) is 41.6 Å². The number of hydrogen-bond donors (Lipinski definition) is 1. The Morgan fingerprint density at radius 3 is 2.29 bits per heavy atom. The molecule has 0 aromatic heterocycles. The Hall–Kier alpha value is -1.75. The number of para-hydroxylation sites is 1. The number of carbonyl (C=O) groups is 1. The third-order valence-electron chi connectivity index (χ3n) is 3.61. The number of halogens is 2. The molecule has 6 heteroatoms. The molecule has 0 bridgehead atoms. The van der Waals surface area contributed by atoms with E-state index >= 15 is 0 Å². The van der Waals surface area contributed by atoms with Crippen molar-refractivity contribution in [1.29, 1.82) is 0 Å². The van der Waals surface area contributed by atoms with Crippen LogP contribution in [0.15, 0.2) is 42.5 Å². The van der Waals surface area contributed by atoms with Gasteiger partial charge in [-0.3, -0.25) is 9.69 Å². The first-order valence-corrected chi connectivity index (χ1v) is 8.38. The van der Waals surface area contributed by atoms with Gasteiger partial charge in [0.2, 0.25) is 5.91 Å². The molecule has 0 unspecified atom stereocenters. The molecule has 1 N–H and O–H groups in total. The predicted molar refractivity (Wildman–Crippen MR) is 99.0 cm³/mol. The molecule has 0 aliphatic heterocycles. The second-order valence-electron chi connectivity index (χ2n) is 5.30. The van der Waals surface area contributed by atoms with E-state index in [1.165, 1.54) is 0 Å². The minimum Gasteiger partial charge on any atom is -0.497 e. The van der Waals surface area contributed by atoms with Crippen LogP contribution in [0.2, 0.25) is 10.0 Å². The molecule has 0 spiro atoms. The number of rotatable bonds is 7. The van der Waals surface area contributed by atoms with Crippen LogP contribution in [0.3, 0.4) is 0 Å². The summed E-state index contributed by atoms with van der Waals surface area (Å²) in [5.74, 6) is 0.660. The van der Waals surface area contributed by atoms with E-state index in [1.54, 1.807) is 25.3 Å². The summed E-state index contributed by atoms with van der Waals surface area (Å²) in [6.45, 7) is 3.68. The highest BCUT2D eigenvalue weighted by atomic mass is 35.5. The lowest BCUT2D eigenvalue weighted by atomic mass is 10.2. The first-order valence-electron chi connectivity index (χ1n) is 7.62. The maximum Gasteiger partial charge on any atom is 0.238 e. The molecule has 2 rings (SSSR count). The van der Waals surface area contributed by atoms with Crippen LogP contribution >= 0.6 is 23.2 Å². The van der Waals surface area contributed by atoms with Crippen molar-refractivity contribution in [3.8, 4) is 5.75 Å². The highest BCUT2D eigenvalue weighted by molar-refractivity contribution is 6.39. The number of likely N-dealkylation sites (N-methyl/N-ethyl adjacent to an activating group) is 1. The van der Waals surface area contributed by atoms with Crippen LogP contribution < -0.4 is 10.1 Å². The average molecular weight is 367 g/mol. The Morgan fingerprint density at radius 1 is 1.12 bits per heavy atom. The standard InChI is InChI=1S/C18H20Cl2N2O2/c1-3-22(11-13-7-9-14(24-2)10-8-13)12-17(23)21-18-15(19)5-4-6-16(18)20/h4-10H,3,11-12H2,1-2H3,(H,21,23). The van der Waals surface area contributed by atoms with Gasteiger partial charge in [0.1, 0.15) is 5.75 Å². The first kappa shape index (κ1) is 18.6. The van der Waals surface area contributed by atoms with Crippen molar-refractivity contribution in [2.45, 2.75) is 13.5 Å². The van der Waals surface area contributed by atoms with Gasteiger partial charge in [0.05, 0.1) is 29.4 Å². The molecule has 0 aliphatic carbocycles. The monoisotopic (exact) mass is 366 g/mol. The molecule has 0 heterocycles. The summed E-state index contributed by atoms with van der Waals surface area (Å²) in [4.78, 5) is 14.3. The highest BCUT2D eigenvalue weighted by Gasteiger charge is 2.13. The Bertz CT molecular complexity index is 670. The van der Waals surface area contributed by atoms with Gasteiger partial charge in [-0.2, -0.15) is 0 Å². The van der Waals surface area contributed by atoms with Gasteiger partial charge >= 0.3 is 0 Å². The number of carbonyl (C=O) groups excluding carboxylic acids is 1. The van der Waals surface area contributed by atoms with Gasteiger partial charge in [-0.25, -0.2) is 0 Å². The largest absolute Gasteiger partial charge is 0.497 e. The molecule has 128 valence electrons. The van der Waals surface area contributed by atoms with Crippen molar-refractivity contribution in [2.24, 2.45) is 0 Å². The molecule has 0 fully saturated rings. The lowest BCUT2D eigenvalue weighted by Gasteiger charge is -2.20. The fraction of sp³-hybridized carbons (Fsp3) is 0.278. The zero-order valence-corrected chi connectivity index (χ0v) is 15.2. The first-order chi connectivity index (χ1) is 11.5. The second-order valence-corrected chi connectivity index (χ2v) is 6.11. The molecule has 0 atom stereocenters. The number of nitrogens with zero attached hydrogens (tertiary/aromatic N) is 1. The number of benzene rings is 2. The highest BCUT2D eigenvalue weighted by Crippen LogP contribution is 2.29. The summed E-state index contributed by atoms with van der Waals surface area (Å²) < 4.78 is 5.15. The van der Waals surface area contributed by atoms with Crippen LogP contribution in [-0.4, -0.2) is 31.0 Å².